The van der Waals surface area contributed by atoms with E-state index in [-0.39, 0.29) is 30.9 Å². The molecule has 0 unspecified atom stereocenters. The number of anilines is 1. The van der Waals surface area contributed by atoms with E-state index in [0.717, 1.165) is 11.3 Å². The molecular weight excluding hydrogens is 362 g/mol. The van der Waals surface area contributed by atoms with Crippen LogP contribution in [0.3, 0.4) is 0 Å². The van der Waals surface area contributed by atoms with E-state index in [1.165, 1.54) is 12.3 Å². The number of amides is 3. The van der Waals surface area contributed by atoms with Gasteiger partial charge in [0.1, 0.15) is 12.4 Å². The average Bonchev–Trinajstić information content (AvgIpc) is 3.36. The van der Waals surface area contributed by atoms with Crippen molar-refractivity contribution in [3.8, 4) is 0 Å². The van der Waals surface area contributed by atoms with E-state index in [4.69, 9.17) is 9.15 Å². The molecule has 1 aliphatic heterocycles. The van der Waals surface area contributed by atoms with Crippen molar-refractivity contribution < 1.29 is 23.5 Å². The monoisotopic (exact) mass is 383 g/mol. The first-order valence-electron chi connectivity index (χ1n) is 8.91. The Hall–Kier alpha value is -3.55. The topological polar surface area (TPSA) is 101 Å². The molecule has 1 fully saturated rings. The fraction of sp³-hybridized carbons (Fsp3) is 0.250. The Morgan fingerprint density at radius 1 is 1.18 bits per heavy atom. The summed E-state index contributed by atoms with van der Waals surface area (Å²) in [4.78, 5) is 36.8. The van der Waals surface area contributed by atoms with Gasteiger partial charge in [-0.25, -0.2) is 4.79 Å². The Bertz CT molecular complexity index is 860. The average molecular weight is 383 g/mol. The summed E-state index contributed by atoms with van der Waals surface area (Å²) in [5.74, 6) is 0.105. The minimum absolute atomic E-state index is 0.165. The molecule has 2 aromatic rings. The zero-order valence-corrected chi connectivity index (χ0v) is 15.2. The summed E-state index contributed by atoms with van der Waals surface area (Å²) in [5.41, 5.74) is 1.61. The van der Waals surface area contributed by atoms with Crippen molar-refractivity contribution in [3.05, 3.63) is 60.1 Å². The lowest BCUT2D eigenvalue weighted by molar-refractivity contribution is -0.121. The molecular formula is C20H21N3O5. The largest absolute Gasteiger partial charge is 0.465 e. The Kier molecular flexibility index (Phi) is 6.46. The maximum absolute atomic E-state index is 12.0. The first-order chi connectivity index (χ1) is 13.6. The van der Waals surface area contributed by atoms with E-state index in [1.54, 1.807) is 23.1 Å². The van der Waals surface area contributed by atoms with Crippen LogP contribution in [0, 0.1) is 0 Å². The number of ether oxygens (including phenoxy) is 1. The molecule has 1 saturated heterocycles. The van der Waals surface area contributed by atoms with Gasteiger partial charge in [0.15, 0.2) is 0 Å². The molecule has 1 aromatic carbocycles. The fourth-order valence-corrected chi connectivity index (χ4v) is 2.65. The van der Waals surface area contributed by atoms with Crippen molar-refractivity contribution in [2.75, 3.05) is 24.6 Å². The molecule has 0 aliphatic carbocycles. The second-order valence-electron chi connectivity index (χ2n) is 6.10. The van der Waals surface area contributed by atoms with Gasteiger partial charge in [-0.05, 0) is 35.9 Å². The third kappa shape index (κ3) is 5.47. The highest BCUT2D eigenvalue weighted by Gasteiger charge is 2.23. The van der Waals surface area contributed by atoms with Crippen LogP contribution in [0.25, 0.3) is 6.08 Å². The SMILES string of the molecule is O=C(C=Cc1ccco1)NCCC(=O)NCc1cccc(N2CCOC2=O)c1. The van der Waals surface area contributed by atoms with Gasteiger partial charge in [-0.15, -0.1) is 0 Å². The zero-order chi connectivity index (χ0) is 19.8. The number of cyclic esters (lactones) is 1. The van der Waals surface area contributed by atoms with Crippen LogP contribution in [0.5, 0.6) is 0 Å². The van der Waals surface area contributed by atoms with Gasteiger partial charge in [0.05, 0.1) is 12.8 Å². The highest BCUT2D eigenvalue weighted by atomic mass is 16.6. The van der Waals surface area contributed by atoms with Crippen LogP contribution in [-0.2, 0) is 20.9 Å². The fourth-order valence-electron chi connectivity index (χ4n) is 2.65. The van der Waals surface area contributed by atoms with Crippen LogP contribution in [-0.4, -0.2) is 37.6 Å². The number of hydrogen-bond acceptors (Lipinski definition) is 5. The van der Waals surface area contributed by atoms with Crippen LogP contribution >= 0.6 is 0 Å². The molecule has 2 N–H and O–H groups in total. The third-order valence-corrected chi connectivity index (χ3v) is 4.07. The minimum atomic E-state index is -0.363. The van der Waals surface area contributed by atoms with E-state index in [0.29, 0.717) is 25.5 Å². The molecule has 3 amide bonds. The predicted molar refractivity (Wildman–Crippen MR) is 102 cm³/mol. The Morgan fingerprint density at radius 2 is 2.07 bits per heavy atom. The molecule has 0 bridgehead atoms. The number of hydrogen-bond donors (Lipinski definition) is 2. The summed E-state index contributed by atoms with van der Waals surface area (Å²) in [6.45, 7) is 1.46. The predicted octanol–water partition coefficient (Wildman–Crippen LogP) is 2.07. The van der Waals surface area contributed by atoms with Gasteiger partial charge in [0, 0.05) is 31.3 Å². The standard InChI is InChI=1S/C20H21N3O5/c24-18(7-6-17-5-2-11-27-17)21-9-8-19(25)22-14-15-3-1-4-16(13-15)23-10-12-28-20(23)26/h1-7,11,13H,8-10,12,14H2,(H,21,24)(H,22,25). The number of carbonyl (C=O) groups excluding carboxylic acids is 3. The second kappa shape index (κ2) is 9.40. The van der Waals surface area contributed by atoms with Crippen molar-refractivity contribution in [3.63, 3.8) is 0 Å². The summed E-state index contributed by atoms with van der Waals surface area (Å²) in [7, 11) is 0. The lowest BCUT2D eigenvalue weighted by atomic mass is 10.2. The molecule has 0 saturated carbocycles. The van der Waals surface area contributed by atoms with Crippen molar-refractivity contribution >= 4 is 29.7 Å². The van der Waals surface area contributed by atoms with Gasteiger partial charge in [0.2, 0.25) is 11.8 Å². The first kappa shape index (κ1) is 19.2. The number of benzene rings is 1. The molecule has 2 heterocycles. The van der Waals surface area contributed by atoms with Crippen molar-refractivity contribution in [1.82, 2.24) is 10.6 Å². The molecule has 8 nitrogen and oxygen atoms in total. The first-order valence-corrected chi connectivity index (χ1v) is 8.91. The summed E-state index contributed by atoms with van der Waals surface area (Å²) < 4.78 is 10.0. The van der Waals surface area contributed by atoms with Crippen molar-refractivity contribution in [2.24, 2.45) is 0 Å². The van der Waals surface area contributed by atoms with Crippen LogP contribution < -0.4 is 15.5 Å². The highest BCUT2D eigenvalue weighted by Crippen LogP contribution is 2.19. The van der Waals surface area contributed by atoms with E-state index in [2.05, 4.69) is 10.6 Å². The van der Waals surface area contributed by atoms with Gasteiger partial charge in [0.25, 0.3) is 0 Å². The summed E-state index contributed by atoms with van der Waals surface area (Å²) in [5, 5.41) is 5.44. The summed E-state index contributed by atoms with van der Waals surface area (Å²) in [6, 6.07) is 10.8. The number of nitrogens with one attached hydrogen (secondary N) is 2. The summed E-state index contributed by atoms with van der Waals surface area (Å²) >= 11 is 0. The van der Waals surface area contributed by atoms with Crippen LogP contribution in [0.4, 0.5) is 10.5 Å². The second-order valence-corrected chi connectivity index (χ2v) is 6.10. The molecule has 3 rings (SSSR count). The lowest BCUT2D eigenvalue weighted by Gasteiger charge is -2.14. The van der Waals surface area contributed by atoms with Crippen molar-refractivity contribution in [2.45, 2.75) is 13.0 Å². The normalized spacial score (nSPS) is 13.6. The number of furan rings is 1. The maximum Gasteiger partial charge on any atom is 0.414 e. The quantitative estimate of drug-likeness (QED) is 0.680. The van der Waals surface area contributed by atoms with Crippen LogP contribution in [0.2, 0.25) is 0 Å². The molecule has 0 spiro atoms. The van der Waals surface area contributed by atoms with Gasteiger partial charge in [-0.1, -0.05) is 12.1 Å². The smallest absolute Gasteiger partial charge is 0.414 e. The highest BCUT2D eigenvalue weighted by molar-refractivity contribution is 5.91. The minimum Gasteiger partial charge on any atom is -0.465 e. The molecule has 0 atom stereocenters. The maximum atomic E-state index is 12.0. The lowest BCUT2D eigenvalue weighted by Crippen LogP contribution is -2.29. The van der Waals surface area contributed by atoms with E-state index in [1.807, 2.05) is 24.3 Å². The van der Waals surface area contributed by atoms with Gasteiger partial charge in [-0.3, -0.25) is 14.5 Å². The number of carbonyl (C=O) groups is 3. The van der Waals surface area contributed by atoms with Crippen LogP contribution in [0.1, 0.15) is 17.7 Å². The van der Waals surface area contributed by atoms with Crippen molar-refractivity contribution in [1.29, 1.82) is 0 Å². The third-order valence-electron chi connectivity index (χ3n) is 4.07. The Balaban J connectivity index is 1.38. The summed E-state index contributed by atoms with van der Waals surface area (Å²) in [6.07, 6.45) is 4.23. The van der Waals surface area contributed by atoms with Gasteiger partial charge < -0.3 is 19.8 Å². The van der Waals surface area contributed by atoms with Crippen LogP contribution in [0.15, 0.2) is 53.2 Å². The Morgan fingerprint density at radius 3 is 2.82 bits per heavy atom. The molecule has 0 radical (unpaired) electrons. The van der Waals surface area contributed by atoms with E-state index >= 15 is 0 Å². The van der Waals surface area contributed by atoms with Gasteiger partial charge >= 0.3 is 6.09 Å². The molecule has 1 aliphatic rings. The number of rotatable bonds is 8. The molecule has 1 aromatic heterocycles. The molecule has 28 heavy (non-hydrogen) atoms. The number of nitrogens with zero attached hydrogens (tertiary/aromatic N) is 1. The van der Waals surface area contributed by atoms with Gasteiger partial charge in [-0.2, -0.15) is 0 Å². The van der Waals surface area contributed by atoms with E-state index in [9.17, 15) is 14.4 Å². The molecule has 8 heteroatoms. The Labute approximate surface area is 162 Å². The molecule has 146 valence electrons. The zero-order valence-electron chi connectivity index (χ0n) is 15.2. The van der Waals surface area contributed by atoms with E-state index < -0.39 is 0 Å².